The van der Waals surface area contributed by atoms with Crippen LogP contribution in [0.2, 0.25) is 23.2 Å². The van der Waals surface area contributed by atoms with Gasteiger partial charge in [0, 0.05) is 34.8 Å². The van der Waals surface area contributed by atoms with Crippen molar-refractivity contribution >= 4 is 25.8 Å². The van der Waals surface area contributed by atoms with Crippen LogP contribution in [0.1, 0.15) is 73.3 Å². The third-order valence-electron chi connectivity index (χ3n) is 8.13. The number of nitrogens with one attached hydrogen (secondary N) is 2. The summed E-state index contributed by atoms with van der Waals surface area (Å²) in [6, 6.07) is 20.7. The van der Waals surface area contributed by atoms with Crippen LogP contribution in [0.5, 0.6) is 5.75 Å². The Balaban J connectivity index is 1.69. The van der Waals surface area contributed by atoms with E-state index < -0.39 is 8.32 Å². The smallest absolute Gasteiger partial charge is 0.251 e. The number of hydrogen-bond acceptors (Lipinski definition) is 5. The van der Waals surface area contributed by atoms with Crippen LogP contribution in [0.3, 0.4) is 0 Å². The molecule has 3 aromatic rings. The summed E-state index contributed by atoms with van der Waals surface area (Å²) in [5.74, 6) is -0.0297. The molecule has 0 heterocycles. The first-order valence-electron chi connectivity index (χ1n) is 14.6. The van der Waals surface area contributed by atoms with E-state index in [4.69, 9.17) is 16.0 Å². The molecule has 1 atom stereocenters. The third-order valence-corrected chi connectivity index (χ3v) is 13.0. The zero-order valence-electron chi connectivity index (χ0n) is 26.1. The summed E-state index contributed by atoms with van der Waals surface area (Å²) >= 11 is 6.25. The highest BCUT2D eigenvalue weighted by molar-refractivity contribution is 6.74. The summed E-state index contributed by atoms with van der Waals surface area (Å²) in [7, 11) is -2.14. The second-order valence-electron chi connectivity index (χ2n) is 13.2. The van der Waals surface area contributed by atoms with Crippen molar-refractivity contribution in [1.29, 1.82) is 0 Å². The summed E-state index contributed by atoms with van der Waals surface area (Å²) in [4.78, 5) is 12.9. The lowest BCUT2D eigenvalue weighted by Crippen LogP contribution is -2.47. The van der Waals surface area contributed by atoms with Crippen LogP contribution < -0.4 is 10.6 Å². The summed E-state index contributed by atoms with van der Waals surface area (Å²) in [6.07, 6.45) is 1.12. The fourth-order valence-corrected chi connectivity index (χ4v) is 6.09. The number of hydrogen-bond donors (Lipinski definition) is 4. The Hall–Kier alpha value is -2.68. The average molecular weight is 611 g/mol. The van der Waals surface area contributed by atoms with Gasteiger partial charge in [0.1, 0.15) is 5.75 Å². The highest BCUT2D eigenvalue weighted by Gasteiger charge is 2.39. The maximum Gasteiger partial charge on any atom is 0.251 e. The SMILES string of the molecule is CC(C)(Cc1cccc(C(=O)NCCc2ccccc2Cl)c1)NC[C@H](O[Si](C)(C)C(C)(C)C)c1ccc(O)c(CO)c1. The molecule has 228 valence electrons. The highest BCUT2D eigenvalue weighted by atomic mass is 35.5. The van der Waals surface area contributed by atoms with Gasteiger partial charge in [-0.25, -0.2) is 0 Å². The first-order chi connectivity index (χ1) is 19.6. The lowest BCUT2D eigenvalue weighted by atomic mass is 9.93. The van der Waals surface area contributed by atoms with Gasteiger partial charge in [0.25, 0.3) is 5.91 Å². The number of benzene rings is 3. The predicted octanol–water partition coefficient (Wildman–Crippen LogP) is 7.18. The second kappa shape index (κ2) is 14.2. The fourth-order valence-electron chi connectivity index (χ4n) is 4.57. The zero-order valence-corrected chi connectivity index (χ0v) is 27.8. The summed E-state index contributed by atoms with van der Waals surface area (Å²) in [5.41, 5.74) is 3.79. The quantitative estimate of drug-likeness (QED) is 0.154. The zero-order chi connectivity index (χ0) is 31.1. The highest BCUT2D eigenvalue weighted by Crippen LogP contribution is 2.40. The molecular weight excluding hydrogens is 564 g/mol. The molecular formula is C34H47ClN2O4Si. The summed E-state index contributed by atoms with van der Waals surface area (Å²) < 4.78 is 6.85. The van der Waals surface area contributed by atoms with Crippen molar-refractivity contribution < 1.29 is 19.4 Å². The molecule has 4 N–H and O–H groups in total. The van der Waals surface area contributed by atoms with E-state index in [9.17, 15) is 15.0 Å². The predicted molar refractivity (Wildman–Crippen MR) is 175 cm³/mol. The molecule has 0 bridgehead atoms. The minimum absolute atomic E-state index is 0.0197. The normalized spacial score (nSPS) is 13.2. The van der Waals surface area contributed by atoms with Gasteiger partial charge in [-0.3, -0.25) is 4.79 Å². The number of phenols is 1. The van der Waals surface area contributed by atoms with Crippen molar-refractivity contribution in [1.82, 2.24) is 10.6 Å². The van der Waals surface area contributed by atoms with Gasteiger partial charge < -0.3 is 25.3 Å². The molecule has 3 rings (SSSR count). The molecule has 1 amide bonds. The van der Waals surface area contributed by atoms with E-state index in [1.807, 2.05) is 60.7 Å². The van der Waals surface area contributed by atoms with Crippen molar-refractivity contribution in [2.75, 3.05) is 13.1 Å². The second-order valence-corrected chi connectivity index (χ2v) is 18.3. The lowest BCUT2D eigenvalue weighted by Gasteiger charge is -2.40. The number of carbonyl (C=O) groups is 1. The molecule has 0 fully saturated rings. The molecule has 8 heteroatoms. The first kappa shape index (κ1) is 33.8. The van der Waals surface area contributed by atoms with Gasteiger partial charge >= 0.3 is 0 Å². The van der Waals surface area contributed by atoms with Crippen LogP contribution in [-0.4, -0.2) is 43.1 Å². The first-order valence-corrected chi connectivity index (χ1v) is 17.9. The molecule has 0 radical (unpaired) electrons. The molecule has 42 heavy (non-hydrogen) atoms. The molecule has 3 aromatic carbocycles. The Morgan fingerprint density at radius 3 is 2.36 bits per heavy atom. The van der Waals surface area contributed by atoms with Crippen LogP contribution in [0.15, 0.2) is 66.7 Å². The largest absolute Gasteiger partial charge is 0.508 e. The van der Waals surface area contributed by atoms with Crippen molar-refractivity contribution in [2.45, 2.75) is 83.8 Å². The van der Waals surface area contributed by atoms with Crippen molar-refractivity contribution in [2.24, 2.45) is 0 Å². The van der Waals surface area contributed by atoms with E-state index in [0.717, 1.165) is 16.7 Å². The van der Waals surface area contributed by atoms with Crippen LogP contribution >= 0.6 is 11.6 Å². The standard InChI is InChI=1S/C34H47ClN2O4Si/c1-33(2,3)42(6,7)41-31(26-15-16-30(39)28(20-26)23-38)22-37-34(4,5)21-24-11-10-13-27(19-24)32(40)36-18-17-25-12-8-9-14-29(25)35/h8-16,19-20,31,37-39H,17-18,21-23H2,1-7H3,(H,36,40)/t31-/m0/s1. The Bertz CT molecular complexity index is 1350. The molecule has 0 aliphatic heterocycles. The minimum Gasteiger partial charge on any atom is -0.508 e. The Kier molecular flexibility index (Phi) is 11.4. The molecule has 0 aliphatic rings. The molecule has 0 saturated heterocycles. The van der Waals surface area contributed by atoms with E-state index in [0.29, 0.717) is 42.1 Å². The van der Waals surface area contributed by atoms with Gasteiger partial charge in [0.15, 0.2) is 8.32 Å². The van der Waals surface area contributed by atoms with Crippen LogP contribution in [0.4, 0.5) is 0 Å². The van der Waals surface area contributed by atoms with Gasteiger partial charge in [0.2, 0.25) is 0 Å². The van der Waals surface area contributed by atoms with Crippen molar-refractivity contribution in [3.63, 3.8) is 0 Å². The van der Waals surface area contributed by atoms with E-state index in [2.05, 4.69) is 58.3 Å². The molecule has 0 spiro atoms. The molecule has 0 saturated carbocycles. The van der Waals surface area contributed by atoms with E-state index >= 15 is 0 Å². The van der Waals surface area contributed by atoms with Crippen molar-refractivity contribution in [3.05, 3.63) is 99.6 Å². The van der Waals surface area contributed by atoms with Gasteiger partial charge in [-0.15, -0.1) is 0 Å². The summed E-state index contributed by atoms with van der Waals surface area (Å²) in [6.45, 7) is 16.2. The Morgan fingerprint density at radius 1 is 0.976 bits per heavy atom. The van der Waals surface area contributed by atoms with Crippen LogP contribution in [0.25, 0.3) is 0 Å². The third kappa shape index (κ3) is 9.41. The number of aromatic hydroxyl groups is 1. The van der Waals surface area contributed by atoms with E-state index in [1.165, 1.54) is 0 Å². The Morgan fingerprint density at radius 2 is 1.69 bits per heavy atom. The number of carbonyl (C=O) groups excluding carboxylic acids is 1. The number of aliphatic hydroxyl groups is 1. The Labute approximate surface area is 257 Å². The maximum atomic E-state index is 12.9. The van der Waals surface area contributed by atoms with Crippen LogP contribution in [-0.2, 0) is 23.9 Å². The molecule has 0 aromatic heterocycles. The minimum atomic E-state index is -2.14. The fraction of sp³-hybridized carbons (Fsp3) is 0.441. The van der Waals surface area contributed by atoms with E-state index in [1.54, 1.807) is 6.07 Å². The molecule has 0 unspecified atom stereocenters. The molecule has 0 aliphatic carbocycles. The number of halogens is 1. The van der Waals surface area contributed by atoms with Crippen molar-refractivity contribution in [3.8, 4) is 5.75 Å². The van der Waals surface area contributed by atoms with E-state index in [-0.39, 0.29) is 34.9 Å². The average Bonchev–Trinajstić information content (AvgIpc) is 2.91. The number of amides is 1. The van der Waals surface area contributed by atoms with Crippen LogP contribution in [0, 0.1) is 0 Å². The van der Waals surface area contributed by atoms with Gasteiger partial charge in [-0.1, -0.05) is 68.8 Å². The number of aliphatic hydroxyl groups excluding tert-OH is 1. The number of rotatable bonds is 13. The monoisotopic (exact) mass is 610 g/mol. The summed E-state index contributed by atoms with van der Waals surface area (Å²) in [5, 5.41) is 27.3. The van der Waals surface area contributed by atoms with Gasteiger partial charge in [0.05, 0.1) is 12.7 Å². The van der Waals surface area contributed by atoms with Gasteiger partial charge in [-0.2, -0.15) is 0 Å². The molecule has 6 nitrogen and oxygen atoms in total. The van der Waals surface area contributed by atoms with Gasteiger partial charge in [-0.05, 0) is 91.8 Å². The topological polar surface area (TPSA) is 90.8 Å². The maximum absolute atomic E-state index is 12.9. The lowest BCUT2D eigenvalue weighted by molar-refractivity contribution is 0.0954.